The third kappa shape index (κ3) is 3.46. The van der Waals surface area contributed by atoms with Crippen molar-refractivity contribution in [3.05, 3.63) is 53.3 Å². The van der Waals surface area contributed by atoms with E-state index in [1.807, 2.05) is 4.72 Å². The standard InChI is InChI=1S/C13H11F3N2O2S/c1-7-2-4-10(9(15)6-7)17-13-11(18-21(19)20)5-3-8(14)12(13)16/h2-6,17,21H,1H3,(H,18,19,20). The van der Waals surface area contributed by atoms with Gasteiger partial charge in [-0.25, -0.2) is 21.6 Å². The number of halogens is 3. The summed E-state index contributed by atoms with van der Waals surface area (Å²) in [6.07, 6.45) is 0. The Morgan fingerprint density at radius 1 is 0.952 bits per heavy atom. The second-order valence-electron chi connectivity index (χ2n) is 4.26. The van der Waals surface area contributed by atoms with Crippen LogP contribution in [0.5, 0.6) is 0 Å². The molecule has 0 heterocycles. The van der Waals surface area contributed by atoms with E-state index in [1.54, 1.807) is 13.0 Å². The van der Waals surface area contributed by atoms with E-state index < -0.39 is 34.0 Å². The van der Waals surface area contributed by atoms with Gasteiger partial charge in [0.15, 0.2) is 11.6 Å². The molecule has 0 saturated heterocycles. The third-order valence-electron chi connectivity index (χ3n) is 2.69. The average Bonchev–Trinajstić information content (AvgIpc) is 2.40. The summed E-state index contributed by atoms with van der Waals surface area (Å²) in [7, 11) is -3.08. The van der Waals surface area contributed by atoms with Crippen LogP contribution in [0, 0.1) is 24.4 Å². The van der Waals surface area contributed by atoms with Gasteiger partial charge in [0, 0.05) is 0 Å². The molecule has 0 spiro atoms. The molecule has 21 heavy (non-hydrogen) atoms. The van der Waals surface area contributed by atoms with Gasteiger partial charge in [0.05, 0.1) is 11.4 Å². The van der Waals surface area contributed by atoms with Gasteiger partial charge in [0.1, 0.15) is 11.5 Å². The van der Waals surface area contributed by atoms with Gasteiger partial charge in [-0.2, -0.15) is 0 Å². The Morgan fingerprint density at radius 2 is 1.62 bits per heavy atom. The second kappa shape index (κ2) is 6.04. The van der Waals surface area contributed by atoms with Gasteiger partial charge < -0.3 is 5.32 Å². The van der Waals surface area contributed by atoms with Gasteiger partial charge in [-0.1, -0.05) is 6.07 Å². The van der Waals surface area contributed by atoms with E-state index in [0.717, 1.165) is 12.1 Å². The van der Waals surface area contributed by atoms with Crippen molar-refractivity contribution in [1.82, 2.24) is 0 Å². The SMILES string of the molecule is Cc1ccc(Nc2c(N[SH](=O)=O)ccc(F)c2F)c(F)c1. The number of benzene rings is 2. The molecule has 2 N–H and O–H groups in total. The molecule has 2 rings (SSSR count). The van der Waals surface area contributed by atoms with Crippen molar-refractivity contribution in [3.8, 4) is 0 Å². The second-order valence-corrected chi connectivity index (χ2v) is 5.00. The van der Waals surface area contributed by atoms with Crippen molar-refractivity contribution < 1.29 is 21.6 Å². The van der Waals surface area contributed by atoms with E-state index in [9.17, 15) is 21.6 Å². The highest BCUT2D eigenvalue weighted by Gasteiger charge is 2.15. The Kier molecular flexibility index (Phi) is 4.37. The van der Waals surface area contributed by atoms with Crippen LogP contribution in [-0.2, 0) is 10.9 Å². The third-order valence-corrected chi connectivity index (χ3v) is 3.11. The normalized spacial score (nSPS) is 10.7. The lowest BCUT2D eigenvalue weighted by Gasteiger charge is -2.13. The maximum atomic E-state index is 13.8. The van der Waals surface area contributed by atoms with Gasteiger partial charge in [0.25, 0.3) is 0 Å². The molecule has 0 amide bonds. The summed E-state index contributed by atoms with van der Waals surface area (Å²) in [5, 5.41) is 2.36. The molecule has 0 bridgehead atoms. The smallest absolute Gasteiger partial charge is 0.222 e. The minimum absolute atomic E-state index is 0.103. The van der Waals surface area contributed by atoms with E-state index >= 15 is 0 Å². The van der Waals surface area contributed by atoms with Crippen molar-refractivity contribution in [2.75, 3.05) is 10.0 Å². The highest BCUT2D eigenvalue weighted by molar-refractivity contribution is 7.73. The summed E-state index contributed by atoms with van der Waals surface area (Å²) < 4.78 is 64.2. The van der Waals surface area contributed by atoms with Crippen molar-refractivity contribution in [1.29, 1.82) is 0 Å². The Labute approximate surface area is 120 Å². The van der Waals surface area contributed by atoms with E-state index in [1.165, 1.54) is 12.1 Å². The van der Waals surface area contributed by atoms with Crippen LogP contribution in [0.25, 0.3) is 0 Å². The van der Waals surface area contributed by atoms with Crippen LogP contribution in [0.1, 0.15) is 5.56 Å². The highest BCUT2D eigenvalue weighted by Crippen LogP contribution is 2.31. The minimum Gasteiger partial charge on any atom is -0.349 e. The molecule has 0 atom stereocenters. The number of hydrogen-bond donors (Lipinski definition) is 3. The molecule has 0 aliphatic rings. The fraction of sp³-hybridized carbons (Fsp3) is 0.0769. The molecule has 0 saturated carbocycles. The molecule has 0 aromatic heterocycles. The lowest BCUT2D eigenvalue weighted by molar-refractivity contribution is 0.512. The molecular weight excluding hydrogens is 305 g/mol. The lowest BCUT2D eigenvalue weighted by Crippen LogP contribution is -2.05. The molecular formula is C13H11F3N2O2S. The molecule has 8 heteroatoms. The fourth-order valence-electron chi connectivity index (χ4n) is 1.72. The van der Waals surface area contributed by atoms with Crippen molar-refractivity contribution in [3.63, 3.8) is 0 Å². The van der Waals surface area contributed by atoms with Gasteiger partial charge >= 0.3 is 0 Å². The van der Waals surface area contributed by atoms with E-state index in [-0.39, 0.29) is 11.4 Å². The number of hydrogen-bond acceptors (Lipinski definition) is 3. The summed E-state index contributed by atoms with van der Waals surface area (Å²) in [6.45, 7) is 1.67. The molecule has 0 unspecified atom stereocenters. The van der Waals surface area contributed by atoms with Crippen LogP contribution in [-0.4, -0.2) is 8.42 Å². The van der Waals surface area contributed by atoms with Crippen LogP contribution >= 0.6 is 0 Å². The maximum absolute atomic E-state index is 13.8. The minimum atomic E-state index is -3.08. The van der Waals surface area contributed by atoms with E-state index in [2.05, 4.69) is 5.32 Å². The summed E-state index contributed by atoms with van der Waals surface area (Å²) in [4.78, 5) is 0. The number of aryl methyl sites for hydroxylation is 1. The quantitative estimate of drug-likeness (QED) is 0.760. The van der Waals surface area contributed by atoms with Gasteiger partial charge in [-0.15, -0.1) is 0 Å². The van der Waals surface area contributed by atoms with Crippen molar-refractivity contribution in [2.24, 2.45) is 0 Å². The first kappa shape index (κ1) is 15.2. The maximum Gasteiger partial charge on any atom is 0.222 e. The van der Waals surface area contributed by atoms with Gasteiger partial charge in [-0.05, 0) is 36.8 Å². The average molecular weight is 316 g/mol. The summed E-state index contributed by atoms with van der Waals surface area (Å²) in [6, 6.07) is 5.94. The topological polar surface area (TPSA) is 58.2 Å². The zero-order valence-corrected chi connectivity index (χ0v) is 11.7. The zero-order chi connectivity index (χ0) is 15.6. The number of nitrogens with one attached hydrogen (secondary N) is 2. The van der Waals surface area contributed by atoms with Crippen LogP contribution in [0.3, 0.4) is 0 Å². The van der Waals surface area contributed by atoms with Crippen LogP contribution in [0.4, 0.5) is 30.2 Å². The molecule has 112 valence electrons. The molecule has 2 aromatic rings. The molecule has 0 aliphatic heterocycles. The van der Waals surface area contributed by atoms with E-state index in [4.69, 9.17) is 0 Å². The van der Waals surface area contributed by atoms with Crippen LogP contribution in [0.15, 0.2) is 30.3 Å². The van der Waals surface area contributed by atoms with Gasteiger partial charge in [0.2, 0.25) is 10.9 Å². The molecule has 0 radical (unpaired) electrons. The summed E-state index contributed by atoms with van der Waals surface area (Å²) in [5.41, 5.74) is -0.157. The Hall–Kier alpha value is -2.22. The lowest BCUT2D eigenvalue weighted by atomic mass is 10.2. The van der Waals surface area contributed by atoms with Crippen molar-refractivity contribution >= 4 is 28.0 Å². The number of thiol groups is 1. The largest absolute Gasteiger partial charge is 0.349 e. The molecule has 4 nitrogen and oxygen atoms in total. The highest BCUT2D eigenvalue weighted by atomic mass is 32.2. The predicted octanol–water partition coefficient (Wildman–Crippen LogP) is 3.09. The first-order chi connectivity index (χ1) is 9.88. The predicted molar refractivity (Wildman–Crippen MR) is 74.7 cm³/mol. The van der Waals surface area contributed by atoms with E-state index in [0.29, 0.717) is 5.56 Å². The Morgan fingerprint density at radius 3 is 2.24 bits per heavy atom. The molecule has 2 aromatic carbocycles. The number of anilines is 3. The first-order valence-corrected chi connectivity index (χ1v) is 6.98. The molecule has 0 aliphatic carbocycles. The molecule has 0 fully saturated rings. The van der Waals surface area contributed by atoms with Gasteiger partial charge in [-0.3, -0.25) is 4.72 Å². The summed E-state index contributed by atoms with van der Waals surface area (Å²) in [5.74, 6) is -3.16. The fourth-order valence-corrected chi connectivity index (χ4v) is 2.10. The zero-order valence-electron chi connectivity index (χ0n) is 10.8. The van der Waals surface area contributed by atoms with Crippen molar-refractivity contribution in [2.45, 2.75) is 6.92 Å². The number of rotatable bonds is 4. The van der Waals surface area contributed by atoms with Crippen LogP contribution in [0.2, 0.25) is 0 Å². The Bertz CT molecular complexity index is 755. The Balaban J connectivity index is 2.48. The van der Waals surface area contributed by atoms with Crippen LogP contribution < -0.4 is 10.0 Å². The first-order valence-electron chi connectivity index (χ1n) is 5.80. The summed E-state index contributed by atoms with van der Waals surface area (Å²) >= 11 is 0. The monoisotopic (exact) mass is 316 g/mol.